The van der Waals surface area contributed by atoms with Crippen molar-refractivity contribution < 1.29 is 4.79 Å². The lowest BCUT2D eigenvalue weighted by molar-refractivity contribution is -0.136. The van der Waals surface area contributed by atoms with Crippen LogP contribution in [-0.4, -0.2) is 30.4 Å². The molecule has 3 rings (SSSR count). The van der Waals surface area contributed by atoms with Gasteiger partial charge in [0.25, 0.3) is 0 Å². The van der Waals surface area contributed by atoms with Gasteiger partial charge >= 0.3 is 0 Å². The van der Waals surface area contributed by atoms with Crippen LogP contribution in [0.1, 0.15) is 30.9 Å². The van der Waals surface area contributed by atoms with Crippen molar-refractivity contribution in [2.75, 3.05) is 19.6 Å². The lowest BCUT2D eigenvalue weighted by atomic mass is 9.93. The summed E-state index contributed by atoms with van der Waals surface area (Å²) in [5.41, 5.74) is 7.57. The molecule has 0 bridgehead atoms. The number of amides is 1. The predicted octanol–water partition coefficient (Wildman–Crippen LogP) is 1.46. The van der Waals surface area contributed by atoms with Crippen LogP contribution in [0.3, 0.4) is 0 Å². The molecule has 0 aliphatic carbocycles. The first-order valence-electron chi connectivity index (χ1n) is 7.18. The summed E-state index contributed by atoms with van der Waals surface area (Å²) in [4.78, 5) is 14.7. The Morgan fingerprint density at radius 1 is 1.11 bits per heavy atom. The highest BCUT2D eigenvalue weighted by molar-refractivity contribution is 5.80. The largest absolute Gasteiger partial charge is 0.342 e. The standard InChI is InChI=1S/C15H21N3O/c19-15(18-9-5-2-6-10-18)13-11-16-17-14(13)12-7-3-1-4-8-12/h1,3-4,7-8,13-14,16-17H,2,5-6,9-11H2. The van der Waals surface area contributed by atoms with E-state index < -0.39 is 0 Å². The maximum absolute atomic E-state index is 12.6. The lowest BCUT2D eigenvalue weighted by Crippen LogP contribution is -2.42. The number of carbonyl (C=O) groups excluding carboxylic acids is 1. The van der Waals surface area contributed by atoms with Crippen molar-refractivity contribution in [2.24, 2.45) is 5.92 Å². The first-order valence-corrected chi connectivity index (χ1v) is 7.18. The minimum Gasteiger partial charge on any atom is -0.342 e. The second-order valence-corrected chi connectivity index (χ2v) is 5.41. The van der Waals surface area contributed by atoms with Crippen LogP contribution in [0.2, 0.25) is 0 Å². The van der Waals surface area contributed by atoms with Crippen LogP contribution in [0.4, 0.5) is 0 Å². The molecule has 0 saturated carbocycles. The molecule has 2 heterocycles. The predicted molar refractivity (Wildman–Crippen MR) is 74.2 cm³/mol. The van der Waals surface area contributed by atoms with Crippen molar-refractivity contribution >= 4 is 5.91 Å². The Balaban J connectivity index is 1.74. The third-order valence-electron chi connectivity index (χ3n) is 4.13. The molecule has 19 heavy (non-hydrogen) atoms. The van der Waals surface area contributed by atoms with Crippen molar-refractivity contribution in [3.05, 3.63) is 35.9 Å². The van der Waals surface area contributed by atoms with Crippen LogP contribution in [0.25, 0.3) is 0 Å². The second-order valence-electron chi connectivity index (χ2n) is 5.41. The number of likely N-dealkylation sites (tertiary alicyclic amines) is 1. The maximum atomic E-state index is 12.6. The van der Waals surface area contributed by atoms with E-state index in [1.54, 1.807) is 0 Å². The van der Waals surface area contributed by atoms with E-state index in [2.05, 4.69) is 23.0 Å². The normalized spacial score (nSPS) is 27.5. The van der Waals surface area contributed by atoms with E-state index in [0.717, 1.165) is 32.5 Å². The highest BCUT2D eigenvalue weighted by Crippen LogP contribution is 2.27. The van der Waals surface area contributed by atoms with E-state index >= 15 is 0 Å². The number of carbonyl (C=O) groups is 1. The van der Waals surface area contributed by atoms with Crippen LogP contribution < -0.4 is 10.9 Å². The smallest absolute Gasteiger partial charge is 0.229 e. The van der Waals surface area contributed by atoms with E-state index in [-0.39, 0.29) is 12.0 Å². The molecule has 0 spiro atoms. The monoisotopic (exact) mass is 259 g/mol. The summed E-state index contributed by atoms with van der Waals surface area (Å²) in [5.74, 6) is 0.312. The van der Waals surface area contributed by atoms with E-state index in [0.29, 0.717) is 5.91 Å². The summed E-state index contributed by atoms with van der Waals surface area (Å²) in [5, 5.41) is 0. The third-order valence-corrected chi connectivity index (χ3v) is 4.13. The fourth-order valence-electron chi connectivity index (χ4n) is 3.05. The van der Waals surface area contributed by atoms with Crippen LogP contribution >= 0.6 is 0 Å². The second kappa shape index (κ2) is 5.72. The topological polar surface area (TPSA) is 44.4 Å². The molecule has 2 N–H and O–H groups in total. The molecular weight excluding hydrogens is 238 g/mol. The number of benzene rings is 1. The number of nitrogens with zero attached hydrogens (tertiary/aromatic N) is 1. The van der Waals surface area contributed by atoms with Crippen molar-refractivity contribution in [3.63, 3.8) is 0 Å². The van der Waals surface area contributed by atoms with Crippen LogP contribution in [0, 0.1) is 5.92 Å². The van der Waals surface area contributed by atoms with Crippen molar-refractivity contribution in [1.29, 1.82) is 0 Å². The molecule has 4 nitrogen and oxygen atoms in total. The Morgan fingerprint density at radius 2 is 1.84 bits per heavy atom. The molecule has 2 saturated heterocycles. The molecule has 102 valence electrons. The minimum absolute atomic E-state index is 0.0144. The van der Waals surface area contributed by atoms with Gasteiger partial charge in [-0.05, 0) is 24.8 Å². The number of hydrogen-bond acceptors (Lipinski definition) is 3. The molecule has 4 heteroatoms. The fraction of sp³-hybridized carbons (Fsp3) is 0.533. The van der Waals surface area contributed by atoms with Crippen molar-refractivity contribution in [2.45, 2.75) is 25.3 Å². The minimum atomic E-state index is 0.0144. The highest BCUT2D eigenvalue weighted by Gasteiger charge is 2.36. The van der Waals surface area contributed by atoms with Crippen LogP contribution in [0.15, 0.2) is 30.3 Å². The van der Waals surface area contributed by atoms with Gasteiger partial charge in [-0.25, -0.2) is 5.43 Å². The van der Waals surface area contributed by atoms with Gasteiger partial charge in [0.1, 0.15) is 0 Å². The molecule has 2 aliphatic rings. The molecule has 0 aromatic heterocycles. The summed E-state index contributed by atoms with van der Waals surface area (Å²) in [6.07, 6.45) is 3.55. The lowest BCUT2D eigenvalue weighted by Gasteiger charge is -2.30. The van der Waals surface area contributed by atoms with Gasteiger partial charge in [0.15, 0.2) is 0 Å². The van der Waals surface area contributed by atoms with Gasteiger partial charge in [0, 0.05) is 19.6 Å². The number of hydrogen-bond donors (Lipinski definition) is 2. The molecular formula is C15H21N3O. The molecule has 1 aromatic carbocycles. The van der Waals surface area contributed by atoms with Crippen LogP contribution in [0.5, 0.6) is 0 Å². The Bertz CT molecular complexity index is 428. The number of rotatable bonds is 2. The summed E-state index contributed by atoms with van der Waals surface area (Å²) in [6, 6.07) is 10.3. The summed E-state index contributed by atoms with van der Waals surface area (Å²) in [6.45, 7) is 2.57. The zero-order chi connectivity index (χ0) is 13.1. The summed E-state index contributed by atoms with van der Waals surface area (Å²) in [7, 11) is 0. The average molecular weight is 259 g/mol. The SMILES string of the molecule is O=C(C1CNNC1c1ccccc1)N1CCCCC1. The average Bonchev–Trinajstić information content (AvgIpc) is 2.98. The Morgan fingerprint density at radius 3 is 2.58 bits per heavy atom. The Labute approximate surface area is 114 Å². The first kappa shape index (κ1) is 12.6. The van der Waals surface area contributed by atoms with Gasteiger partial charge in [-0.15, -0.1) is 0 Å². The Hall–Kier alpha value is -1.39. The molecule has 0 radical (unpaired) electrons. The molecule has 2 aliphatic heterocycles. The molecule has 2 unspecified atom stereocenters. The third kappa shape index (κ3) is 2.65. The highest BCUT2D eigenvalue weighted by atomic mass is 16.2. The van der Waals surface area contributed by atoms with E-state index in [4.69, 9.17) is 0 Å². The zero-order valence-electron chi connectivity index (χ0n) is 11.1. The quantitative estimate of drug-likeness (QED) is 0.845. The number of piperidine rings is 1. The molecule has 2 atom stereocenters. The maximum Gasteiger partial charge on any atom is 0.229 e. The summed E-state index contributed by atoms with van der Waals surface area (Å²) >= 11 is 0. The summed E-state index contributed by atoms with van der Waals surface area (Å²) < 4.78 is 0. The molecule has 1 aromatic rings. The zero-order valence-corrected chi connectivity index (χ0v) is 11.1. The van der Waals surface area contributed by atoms with E-state index in [1.807, 2.05) is 23.1 Å². The fourth-order valence-corrected chi connectivity index (χ4v) is 3.05. The molecule has 1 amide bonds. The van der Waals surface area contributed by atoms with E-state index in [1.165, 1.54) is 12.0 Å². The van der Waals surface area contributed by atoms with Gasteiger partial charge in [0.05, 0.1) is 12.0 Å². The number of hydrazine groups is 1. The van der Waals surface area contributed by atoms with Crippen molar-refractivity contribution in [1.82, 2.24) is 15.8 Å². The van der Waals surface area contributed by atoms with Gasteiger partial charge < -0.3 is 4.90 Å². The van der Waals surface area contributed by atoms with Crippen LogP contribution in [-0.2, 0) is 4.79 Å². The number of nitrogens with one attached hydrogen (secondary N) is 2. The molecule has 2 fully saturated rings. The van der Waals surface area contributed by atoms with Gasteiger partial charge in [-0.3, -0.25) is 10.2 Å². The van der Waals surface area contributed by atoms with Gasteiger partial charge in [0.2, 0.25) is 5.91 Å². The van der Waals surface area contributed by atoms with E-state index in [9.17, 15) is 4.79 Å². The van der Waals surface area contributed by atoms with Gasteiger partial charge in [-0.1, -0.05) is 30.3 Å². The van der Waals surface area contributed by atoms with Gasteiger partial charge in [-0.2, -0.15) is 0 Å². The first-order chi connectivity index (χ1) is 9.36. The Kier molecular flexibility index (Phi) is 3.80. The van der Waals surface area contributed by atoms with Crippen molar-refractivity contribution in [3.8, 4) is 0 Å².